The molecule has 8 heteroatoms. The lowest BCUT2D eigenvalue weighted by Crippen LogP contribution is -2.46. The maximum Gasteiger partial charge on any atom is 0.318 e. The monoisotopic (exact) mass is 382 g/mol. The molecule has 0 radical (unpaired) electrons. The first-order valence-corrected chi connectivity index (χ1v) is 9.91. The molecular formula is C19H22N6OS. The average Bonchev–Trinajstić information content (AvgIpc) is 3.31. The Hall–Kier alpha value is -2.74. The van der Waals surface area contributed by atoms with E-state index in [1.807, 2.05) is 30.0 Å². The van der Waals surface area contributed by atoms with Crippen molar-refractivity contribution in [2.75, 3.05) is 6.54 Å². The number of nitrogens with zero attached hydrogens (tertiary/aromatic N) is 4. The molecule has 0 aromatic carbocycles. The van der Waals surface area contributed by atoms with Gasteiger partial charge in [-0.1, -0.05) is 13.0 Å². The Balaban J connectivity index is 1.57. The van der Waals surface area contributed by atoms with E-state index in [2.05, 4.69) is 32.2 Å². The molecule has 0 fully saturated rings. The molecule has 2 N–H and O–H groups in total. The van der Waals surface area contributed by atoms with Gasteiger partial charge in [-0.25, -0.2) is 14.8 Å². The number of aryl methyl sites for hydroxylation is 2. The predicted octanol–water partition coefficient (Wildman–Crippen LogP) is 2.99. The van der Waals surface area contributed by atoms with Crippen LogP contribution in [0.5, 0.6) is 0 Å². The number of fused-ring (bicyclic) bond motifs is 1. The van der Waals surface area contributed by atoms with Crippen molar-refractivity contribution in [3.05, 3.63) is 63.4 Å². The van der Waals surface area contributed by atoms with Crippen molar-refractivity contribution in [1.29, 1.82) is 0 Å². The summed E-state index contributed by atoms with van der Waals surface area (Å²) < 4.78 is 0. The van der Waals surface area contributed by atoms with E-state index in [1.54, 1.807) is 23.9 Å². The van der Waals surface area contributed by atoms with Gasteiger partial charge in [0.05, 0.1) is 35.0 Å². The fourth-order valence-corrected chi connectivity index (χ4v) is 4.48. The van der Waals surface area contributed by atoms with Gasteiger partial charge in [-0.05, 0) is 25.5 Å². The van der Waals surface area contributed by atoms with Gasteiger partial charge >= 0.3 is 6.03 Å². The van der Waals surface area contributed by atoms with Crippen LogP contribution in [-0.4, -0.2) is 37.4 Å². The first-order valence-electron chi connectivity index (χ1n) is 9.10. The Morgan fingerprint density at radius 3 is 3.07 bits per heavy atom. The first-order chi connectivity index (χ1) is 13.2. The van der Waals surface area contributed by atoms with Crippen LogP contribution < -0.4 is 5.32 Å². The van der Waals surface area contributed by atoms with Crippen molar-refractivity contribution in [2.24, 2.45) is 0 Å². The molecule has 3 aromatic rings. The second-order valence-electron chi connectivity index (χ2n) is 6.48. The second-order valence-corrected chi connectivity index (χ2v) is 7.77. The Labute approximate surface area is 161 Å². The third-order valence-electron chi connectivity index (χ3n) is 4.77. The molecule has 0 spiro atoms. The zero-order chi connectivity index (χ0) is 18.8. The van der Waals surface area contributed by atoms with Gasteiger partial charge in [0.1, 0.15) is 6.04 Å². The molecule has 7 nitrogen and oxygen atoms in total. The Morgan fingerprint density at radius 1 is 1.41 bits per heavy atom. The Bertz CT molecular complexity index is 935. The highest BCUT2D eigenvalue weighted by Crippen LogP contribution is 2.32. The highest BCUT2D eigenvalue weighted by atomic mass is 32.1. The summed E-state index contributed by atoms with van der Waals surface area (Å²) in [5, 5.41) is 4.10. The zero-order valence-corrected chi connectivity index (χ0v) is 16.2. The van der Waals surface area contributed by atoms with Gasteiger partial charge in [-0.15, -0.1) is 11.3 Å². The highest BCUT2D eigenvalue weighted by molar-refractivity contribution is 7.11. The number of pyridine rings is 1. The molecule has 1 atom stereocenters. The van der Waals surface area contributed by atoms with Gasteiger partial charge in [-0.2, -0.15) is 0 Å². The van der Waals surface area contributed by atoms with Crippen LogP contribution in [0.2, 0.25) is 0 Å². The molecule has 0 bridgehead atoms. The van der Waals surface area contributed by atoms with E-state index < -0.39 is 0 Å². The van der Waals surface area contributed by atoms with Gasteiger partial charge in [0.25, 0.3) is 0 Å². The molecule has 0 saturated heterocycles. The number of hydrogen-bond donors (Lipinski definition) is 2. The van der Waals surface area contributed by atoms with E-state index in [9.17, 15) is 4.79 Å². The van der Waals surface area contributed by atoms with Gasteiger partial charge in [-0.3, -0.25) is 4.98 Å². The molecule has 0 aliphatic carbocycles. The third-order valence-corrected chi connectivity index (χ3v) is 5.79. The lowest BCUT2D eigenvalue weighted by atomic mass is 10.00. The number of imidazole rings is 1. The maximum atomic E-state index is 13.0. The van der Waals surface area contributed by atoms with Gasteiger partial charge in [0, 0.05) is 29.7 Å². The number of H-pyrrole nitrogens is 1. The summed E-state index contributed by atoms with van der Waals surface area (Å²) in [7, 11) is 0. The predicted molar refractivity (Wildman–Crippen MR) is 104 cm³/mol. The van der Waals surface area contributed by atoms with Crippen molar-refractivity contribution in [3.8, 4) is 0 Å². The van der Waals surface area contributed by atoms with Crippen LogP contribution in [0.25, 0.3) is 0 Å². The van der Waals surface area contributed by atoms with Crippen molar-refractivity contribution >= 4 is 17.4 Å². The summed E-state index contributed by atoms with van der Waals surface area (Å²) in [6.45, 7) is 5.19. The van der Waals surface area contributed by atoms with Gasteiger partial charge in [0.15, 0.2) is 0 Å². The second kappa shape index (κ2) is 7.48. The van der Waals surface area contributed by atoms with Crippen molar-refractivity contribution < 1.29 is 4.79 Å². The lowest BCUT2D eigenvalue weighted by Gasteiger charge is -2.34. The highest BCUT2D eigenvalue weighted by Gasteiger charge is 2.34. The van der Waals surface area contributed by atoms with E-state index in [-0.39, 0.29) is 12.1 Å². The molecule has 4 rings (SSSR count). The first kappa shape index (κ1) is 17.7. The largest absolute Gasteiger partial charge is 0.348 e. The topological polar surface area (TPSA) is 86.8 Å². The SMILES string of the molecule is CCc1nc(C)sc1CNC(=O)N1CCc2[nH]cnc2C1c1ccccn1. The van der Waals surface area contributed by atoms with Crippen LogP contribution in [0.1, 0.15) is 45.6 Å². The van der Waals surface area contributed by atoms with E-state index in [0.717, 1.165) is 45.5 Å². The molecule has 3 aromatic heterocycles. The van der Waals surface area contributed by atoms with Crippen LogP contribution in [0.15, 0.2) is 30.7 Å². The number of carbonyl (C=O) groups excluding carboxylic acids is 1. The molecule has 0 saturated carbocycles. The molecule has 2 amide bonds. The quantitative estimate of drug-likeness (QED) is 0.726. The molecule has 4 heterocycles. The number of carbonyl (C=O) groups is 1. The van der Waals surface area contributed by atoms with Crippen LogP contribution >= 0.6 is 11.3 Å². The molecule has 27 heavy (non-hydrogen) atoms. The molecule has 1 aliphatic rings. The number of aromatic nitrogens is 4. The number of thiazole rings is 1. The summed E-state index contributed by atoms with van der Waals surface area (Å²) in [5.41, 5.74) is 3.83. The average molecular weight is 382 g/mol. The zero-order valence-electron chi connectivity index (χ0n) is 15.4. The minimum absolute atomic E-state index is 0.104. The maximum absolute atomic E-state index is 13.0. The number of amides is 2. The van der Waals surface area contributed by atoms with Crippen LogP contribution in [0, 0.1) is 6.92 Å². The fraction of sp³-hybridized carbons (Fsp3) is 0.368. The standard InChI is InChI=1S/C19H22N6OS/c1-3-13-16(27-12(2)24-13)10-21-19(26)25-9-7-14-17(23-11-22-14)18(25)15-6-4-5-8-20-15/h4-6,8,11,18H,3,7,9-10H2,1-2H3,(H,21,26)(H,22,23). The van der Waals surface area contributed by atoms with Crippen LogP contribution in [0.3, 0.4) is 0 Å². The summed E-state index contributed by atoms with van der Waals surface area (Å²) in [6, 6.07) is 5.37. The minimum Gasteiger partial charge on any atom is -0.348 e. The number of rotatable bonds is 4. The summed E-state index contributed by atoms with van der Waals surface area (Å²) >= 11 is 1.64. The molecular weight excluding hydrogens is 360 g/mol. The normalized spacial score (nSPS) is 16.2. The van der Waals surface area contributed by atoms with Gasteiger partial charge < -0.3 is 15.2 Å². The minimum atomic E-state index is -0.282. The molecule has 140 valence electrons. The summed E-state index contributed by atoms with van der Waals surface area (Å²) in [4.78, 5) is 32.6. The number of urea groups is 1. The smallest absolute Gasteiger partial charge is 0.318 e. The van der Waals surface area contributed by atoms with Crippen molar-refractivity contribution in [2.45, 2.75) is 39.3 Å². The summed E-state index contributed by atoms with van der Waals surface area (Å²) in [6.07, 6.45) is 5.06. The van der Waals surface area contributed by atoms with Crippen LogP contribution in [-0.2, 0) is 19.4 Å². The summed E-state index contributed by atoms with van der Waals surface area (Å²) in [5.74, 6) is 0. The molecule has 1 aliphatic heterocycles. The Kier molecular flexibility index (Phi) is 4.89. The Morgan fingerprint density at radius 2 is 2.30 bits per heavy atom. The third kappa shape index (κ3) is 3.44. The number of hydrogen-bond acceptors (Lipinski definition) is 5. The van der Waals surface area contributed by atoms with E-state index in [4.69, 9.17) is 0 Å². The number of aromatic amines is 1. The van der Waals surface area contributed by atoms with Crippen LogP contribution in [0.4, 0.5) is 4.79 Å². The lowest BCUT2D eigenvalue weighted by molar-refractivity contribution is 0.177. The van der Waals surface area contributed by atoms with E-state index in [0.29, 0.717) is 13.1 Å². The van der Waals surface area contributed by atoms with E-state index in [1.165, 1.54) is 0 Å². The molecule has 1 unspecified atom stereocenters. The number of nitrogens with one attached hydrogen (secondary N) is 2. The van der Waals surface area contributed by atoms with Gasteiger partial charge in [0.2, 0.25) is 0 Å². The van der Waals surface area contributed by atoms with Crippen molar-refractivity contribution in [3.63, 3.8) is 0 Å². The van der Waals surface area contributed by atoms with E-state index >= 15 is 0 Å². The van der Waals surface area contributed by atoms with Crippen molar-refractivity contribution in [1.82, 2.24) is 30.2 Å². The fourth-order valence-electron chi connectivity index (χ4n) is 3.52.